The van der Waals surface area contributed by atoms with Crippen LogP contribution >= 0.6 is 0 Å². The zero-order valence-corrected chi connectivity index (χ0v) is 23.4. The van der Waals surface area contributed by atoms with Crippen molar-refractivity contribution in [1.82, 2.24) is 25.4 Å². The Balaban J connectivity index is 1.56. The van der Waals surface area contributed by atoms with Crippen molar-refractivity contribution in [2.75, 3.05) is 30.3 Å². The topological polar surface area (TPSA) is 164 Å². The standard InChI is InChI=1S/C27H40N8O4/c1-17(2)18-10-12-19(13-11-18)30-24-22(23(28)37)33-34-25(32-24)31-20-8-7-15-35(16-20)21(36)9-6-14-29-26(38)39-27(3,4)5/h10-13,17,20H,6-9,14-16H2,1-5H3,(H2,28,37)(H,29,38)(H2,30,31,32,34). The summed E-state index contributed by atoms with van der Waals surface area (Å²) in [5.74, 6) is 0.120. The lowest BCUT2D eigenvalue weighted by atomic mass is 10.0. The van der Waals surface area contributed by atoms with E-state index in [1.54, 1.807) is 25.7 Å². The molecule has 2 aromatic rings. The smallest absolute Gasteiger partial charge is 0.407 e. The number of alkyl carbamates (subject to hydrolysis) is 1. The first-order valence-corrected chi connectivity index (χ1v) is 13.3. The molecule has 3 rings (SSSR count). The normalized spacial score (nSPS) is 15.5. The summed E-state index contributed by atoms with van der Waals surface area (Å²) in [5.41, 5.74) is 6.80. The number of piperidine rings is 1. The van der Waals surface area contributed by atoms with Crippen molar-refractivity contribution in [2.45, 2.75) is 77.9 Å². The van der Waals surface area contributed by atoms with Crippen LogP contribution in [0.4, 0.5) is 22.2 Å². The Bertz CT molecular complexity index is 1150. The van der Waals surface area contributed by atoms with Crippen LogP contribution in [0.15, 0.2) is 24.3 Å². The van der Waals surface area contributed by atoms with Gasteiger partial charge in [0.25, 0.3) is 5.91 Å². The molecule has 5 N–H and O–H groups in total. The number of anilines is 3. The van der Waals surface area contributed by atoms with Gasteiger partial charge in [0.05, 0.1) is 0 Å². The largest absolute Gasteiger partial charge is 0.444 e. The molecule has 1 aliphatic heterocycles. The van der Waals surface area contributed by atoms with Gasteiger partial charge in [-0.1, -0.05) is 26.0 Å². The second kappa shape index (κ2) is 13.2. The number of hydrogen-bond donors (Lipinski definition) is 4. The fraction of sp³-hybridized carbons (Fsp3) is 0.556. The number of nitrogens with two attached hydrogens (primary N) is 1. The number of rotatable bonds is 10. The maximum absolute atomic E-state index is 12.8. The first-order valence-electron chi connectivity index (χ1n) is 13.3. The van der Waals surface area contributed by atoms with E-state index in [1.165, 1.54) is 5.56 Å². The van der Waals surface area contributed by atoms with Crippen LogP contribution in [0.1, 0.15) is 82.3 Å². The average Bonchev–Trinajstić information content (AvgIpc) is 2.86. The Labute approximate surface area is 229 Å². The summed E-state index contributed by atoms with van der Waals surface area (Å²) in [4.78, 5) is 42.7. The molecule has 212 valence electrons. The van der Waals surface area contributed by atoms with Crippen LogP contribution in [0.25, 0.3) is 0 Å². The molecule has 1 aromatic heterocycles. The Hall–Kier alpha value is -3.96. The lowest BCUT2D eigenvalue weighted by molar-refractivity contribution is -0.132. The first kappa shape index (κ1) is 29.6. The summed E-state index contributed by atoms with van der Waals surface area (Å²) in [6.45, 7) is 11.1. The van der Waals surface area contributed by atoms with Crippen LogP contribution in [0.3, 0.4) is 0 Å². The van der Waals surface area contributed by atoms with Crippen LogP contribution in [-0.2, 0) is 9.53 Å². The van der Waals surface area contributed by atoms with E-state index in [2.05, 4.69) is 45.0 Å². The quantitative estimate of drug-likeness (QED) is 0.330. The second-order valence-electron chi connectivity index (χ2n) is 11.0. The molecule has 1 aliphatic rings. The molecule has 12 nitrogen and oxygen atoms in total. The number of hydrogen-bond acceptors (Lipinski definition) is 9. The molecular formula is C27H40N8O4. The van der Waals surface area contributed by atoms with E-state index < -0.39 is 17.6 Å². The van der Waals surface area contributed by atoms with E-state index in [9.17, 15) is 14.4 Å². The number of primary amides is 1. The van der Waals surface area contributed by atoms with Crippen molar-refractivity contribution in [1.29, 1.82) is 0 Å². The summed E-state index contributed by atoms with van der Waals surface area (Å²) in [6, 6.07) is 7.74. The predicted octanol–water partition coefficient (Wildman–Crippen LogP) is 3.55. The van der Waals surface area contributed by atoms with Crippen molar-refractivity contribution in [3.05, 3.63) is 35.5 Å². The van der Waals surface area contributed by atoms with Gasteiger partial charge >= 0.3 is 6.09 Å². The molecule has 0 saturated carbocycles. The zero-order chi connectivity index (χ0) is 28.6. The molecule has 0 spiro atoms. The third kappa shape index (κ3) is 9.38. The molecule has 3 amide bonds. The molecule has 1 saturated heterocycles. The number of carbonyl (C=O) groups excluding carboxylic acids is 3. The van der Waals surface area contributed by atoms with E-state index in [4.69, 9.17) is 10.5 Å². The van der Waals surface area contributed by atoms with Gasteiger partial charge in [0.2, 0.25) is 11.9 Å². The van der Waals surface area contributed by atoms with Gasteiger partial charge in [0.15, 0.2) is 11.5 Å². The molecule has 1 atom stereocenters. The number of benzene rings is 1. The molecule has 1 aromatic carbocycles. The number of ether oxygens (including phenoxy) is 1. The molecule has 0 bridgehead atoms. The molecule has 0 radical (unpaired) electrons. The van der Waals surface area contributed by atoms with Crippen molar-refractivity contribution in [3.8, 4) is 0 Å². The highest BCUT2D eigenvalue weighted by Crippen LogP contribution is 2.22. The number of likely N-dealkylation sites (tertiary alicyclic amines) is 1. The van der Waals surface area contributed by atoms with Gasteiger partial charge in [-0.05, 0) is 63.6 Å². The minimum Gasteiger partial charge on any atom is -0.444 e. The van der Waals surface area contributed by atoms with E-state index in [0.717, 1.165) is 18.5 Å². The fourth-order valence-corrected chi connectivity index (χ4v) is 4.13. The minimum atomic E-state index is -0.738. The van der Waals surface area contributed by atoms with E-state index >= 15 is 0 Å². The maximum Gasteiger partial charge on any atom is 0.407 e. The van der Waals surface area contributed by atoms with Gasteiger partial charge in [0.1, 0.15) is 5.60 Å². The molecule has 1 unspecified atom stereocenters. The average molecular weight is 541 g/mol. The van der Waals surface area contributed by atoms with Crippen molar-refractivity contribution in [3.63, 3.8) is 0 Å². The molecule has 12 heteroatoms. The molecular weight excluding hydrogens is 500 g/mol. The van der Waals surface area contributed by atoms with Crippen LogP contribution in [0.5, 0.6) is 0 Å². The van der Waals surface area contributed by atoms with Gasteiger partial charge in [-0.15, -0.1) is 10.2 Å². The first-order chi connectivity index (χ1) is 18.4. The SMILES string of the molecule is CC(C)c1ccc(Nc2nc(NC3CCCN(C(=O)CCCNC(=O)OC(C)(C)C)C3)nnc2C(N)=O)cc1. The highest BCUT2D eigenvalue weighted by atomic mass is 16.6. The Morgan fingerprint density at radius 1 is 1.15 bits per heavy atom. The van der Waals surface area contributed by atoms with Crippen LogP contribution in [0.2, 0.25) is 0 Å². The highest BCUT2D eigenvalue weighted by Gasteiger charge is 2.25. The number of nitrogens with zero attached hydrogens (tertiary/aromatic N) is 4. The van der Waals surface area contributed by atoms with Gasteiger partial charge in [0, 0.05) is 37.8 Å². The van der Waals surface area contributed by atoms with Crippen molar-refractivity contribution >= 4 is 35.4 Å². The van der Waals surface area contributed by atoms with Crippen molar-refractivity contribution in [2.24, 2.45) is 5.73 Å². The highest BCUT2D eigenvalue weighted by molar-refractivity contribution is 5.96. The van der Waals surface area contributed by atoms with Gasteiger partial charge in [-0.3, -0.25) is 9.59 Å². The lowest BCUT2D eigenvalue weighted by Crippen LogP contribution is -2.45. The number of carbonyl (C=O) groups is 3. The Morgan fingerprint density at radius 3 is 2.51 bits per heavy atom. The third-order valence-corrected chi connectivity index (χ3v) is 6.10. The predicted molar refractivity (Wildman–Crippen MR) is 149 cm³/mol. The monoisotopic (exact) mass is 540 g/mol. The van der Waals surface area contributed by atoms with Gasteiger partial charge in [-0.25, -0.2) is 4.79 Å². The third-order valence-electron chi connectivity index (χ3n) is 6.10. The zero-order valence-electron chi connectivity index (χ0n) is 23.4. The Kier molecular flexibility index (Phi) is 10.0. The molecule has 39 heavy (non-hydrogen) atoms. The van der Waals surface area contributed by atoms with Crippen LogP contribution < -0.4 is 21.7 Å². The Morgan fingerprint density at radius 2 is 1.87 bits per heavy atom. The maximum atomic E-state index is 12.8. The van der Waals surface area contributed by atoms with E-state index in [1.807, 2.05) is 24.3 Å². The van der Waals surface area contributed by atoms with Gasteiger partial charge in [-0.2, -0.15) is 4.98 Å². The summed E-state index contributed by atoms with van der Waals surface area (Å²) < 4.78 is 5.21. The van der Waals surface area contributed by atoms with E-state index in [0.29, 0.717) is 38.4 Å². The molecule has 0 aliphatic carbocycles. The minimum absolute atomic E-state index is 0.0165. The van der Waals surface area contributed by atoms with E-state index in [-0.39, 0.29) is 29.4 Å². The molecule has 1 fully saturated rings. The number of amides is 3. The fourth-order valence-electron chi connectivity index (χ4n) is 4.13. The second-order valence-corrected chi connectivity index (χ2v) is 11.0. The summed E-state index contributed by atoms with van der Waals surface area (Å²) in [5, 5.41) is 17.1. The van der Waals surface area contributed by atoms with Crippen LogP contribution in [0, 0.1) is 0 Å². The van der Waals surface area contributed by atoms with Crippen LogP contribution in [-0.4, -0.2) is 69.3 Å². The summed E-state index contributed by atoms with van der Waals surface area (Å²) >= 11 is 0. The number of aromatic nitrogens is 3. The van der Waals surface area contributed by atoms with Crippen molar-refractivity contribution < 1.29 is 19.1 Å². The lowest BCUT2D eigenvalue weighted by Gasteiger charge is -2.33. The summed E-state index contributed by atoms with van der Waals surface area (Å²) in [6.07, 6.45) is 1.98. The summed E-state index contributed by atoms with van der Waals surface area (Å²) in [7, 11) is 0. The van der Waals surface area contributed by atoms with Gasteiger partial charge < -0.3 is 31.3 Å². The molecule has 2 heterocycles. The number of nitrogens with one attached hydrogen (secondary N) is 3.